The molecule has 0 bridgehead atoms. The number of alkyl halides is 3. The van der Waals surface area contributed by atoms with Crippen LogP contribution in [0.15, 0.2) is 36.4 Å². The zero-order valence-corrected chi connectivity index (χ0v) is 20.0. The standard InChI is InChI=1S/C24H30F3N5OS/c1-17-7-5-6-12-32(17)20-15-19(24(25,26)27)29-21(30-20)31-22(34)28-16-23(10-13-33-14-11-23)18-8-3-2-4-9-18/h2-4,8-9,15,17H,5-7,10-14,16H2,1H3,(H2,28,29,30,31,34)/t17-/m0/s1. The molecule has 2 saturated heterocycles. The number of anilines is 2. The number of nitrogens with one attached hydrogen (secondary N) is 2. The molecule has 2 fully saturated rings. The summed E-state index contributed by atoms with van der Waals surface area (Å²) >= 11 is 5.44. The maximum atomic E-state index is 13.6. The quantitative estimate of drug-likeness (QED) is 0.574. The van der Waals surface area contributed by atoms with Gasteiger partial charge in [0.1, 0.15) is 5.82 Å². The van der Waals surface area contributed by atoms with E-state index in [9.17, 15) is 13.2 Å². The van der Waals surface area contributed by atoms with Crippen LogP contribution in [0.2, 0.25) is 0 Å². The summed E-state index contributed by atoms with van der Waals surface area (Å²) in [6, 6.07) is 11.3. The molecule has 34 heavy (non-hydrogen) atoms. The van der Waals surface area contributed by atoms with Crippen molar-refractivity contribution in [1.29, 1.82) is 0 Å². The third-order valence-corrected chi connectivity index (χ3v) is 7.00. The number of thiocarbonyl (C=S) groups is 1. The Bertz CT molecular complexity index is 982. The number of piperidine rings is 1. The van der Waals surface area contributed by atoms with Crippen LogP contribution < -0.4 is 15.5 Å². The largest absolute Gasteiger partial charge is 0.433 e. The molecule has 0 saturated carbocycles. The first-order valence-electron chi connectivity index (χ1n) is 11.7. The summed E-state index contributed by atoms with van der Waals surface area (Å²) in [5.41, 5.74) is 0.0324. The van der Waals surface area contributed by atoms with E-state index < -0.39 is 11.9 Å². The number of nitrogens with zero attached hydrogens (tertiary/aromatic N) is 3. The fourth-order valence-corrected chi connectivity index (χ4v) is 4.90. The van der Waals surface area contributed by atoms with Gasteiger partial charge in [-0.1, -0.05) is 30.3 Å². The molecule has 2 aliphatic heterocycles. The van der Waals surface area contributed by atoms with Crippen LogP contribution in [-0.4, -0.2) is 47.4 Å². The second kappa shape index (κ2) is 10.4. The van der Waals surface area contributed by atoms with Crippen molar-refractivity contribution in [2.45, 2.75) is 56.7 Å². The van der Waals surface area contributed by atoms with Gasteiger partial charge in [-0.15, -0.1) is 0 Å². The topological polar surface area (TPSA) is 62.3 Å². The van der Waals surface area contributed by atoms with E-state index in [1.807, 2.05) is 30.0 Å². The van der Waals surface area contributed by atoms with Gasteiger partial charge >= 0.3 is 6.18 Å². The van der Waals surface area contributed by atoms with Crippen LogP contribution in [-0.2, 0) is 16.3 Å². The first kappa shape index (κ1) is 24.7. The van der Waals surface area contributed by atoms with Crippen LogP contribution in [0.4, 0.5) is 24.9 Å². The van der Waals surface area contributed by atoms with E-state index in [-0.39, 0.29) is 28.3 Å². The summed E-state index contributed by atoms with van der Waals surface area (Å²) in [6.45, 7) is 4.49. The van der Waals surface area contributed by atoms with Crippen LogP contribution in [0.3, 0.4) is 0 Å². The molecule has 0 radical (unpaired) electrons. The maximum Gasteiger partial charge on any atom is 0.433 e. The second-order valence-electron chi connectivity index (χ2n) is 9.04. The average Bonchev–Trinajstić information content (AvgIpc) is 2.83. The third kappa shape index (κ3) is 5.78. The van der Waals surface area contributed by atoms with Crippen molar-refractivity contribution < 1.29 is 17.9 Å². The lowest BCUT2D eigenvalue weighted by atomic mass is 9.74. The van der Waals surface area contributed by atoms with E-state index in [0.717, 1.165) is 38.2 Å². The van der Waals surface area contributed by atoms with Gasteiger partial charge in [0.15, 0.2) is 10.8 Å². The molecule has 2 aliphatic rings. The van der Waals surface area contributed by atoms with E-state index in [0.29, 0.717) is 26.3 Å². The molecule has 10 heteroatoms. The molecule has 1 aromatic carbocycles. The Balaban J connectivity index is 1.51. The Hall–Kier alpha value is -2.46. The number of halogens is 3. The molecule has 2 N–H and O–H groups in total. The van der Waals surface area contributed by atoms with Crippen molar-refractivity contribution in [2.24, 2.45) is 0 Å². The Morgan fingerprint density at radius 2 is 1.91 bits per heavy atom. The number of hydrogen-bond donors (Lipinski definition) is 2. The maximum absolute atomic E-state index is 13.6. The van der Waals surface area contributed by atoms with E-state index >= 15 is 0 Å². The van der Waals surface area contributed by atoms with Crippen molar-refractivity contribution in [3.8, 4) is 0 Å². The zero-order chi connectivity index (χ0) is 24.2. The van der Waals surface area contributed by atoms with Crippen LogP contribution in [0.5, 0.6) is 0 Å². The van der Waals surface area contributed by atoms with Crippen molar-refractivity contribution in [2.75, 3.05) is 36.5 Å². The lowest BCUT2D eigenvalue weighted by Gasteiger charge is -2.38. The number of aromatic nitrogens is 2. The summed E-state index contributed by atoms with van der Waals surface area (Å²) in [6.07, 6.45) is -0.0414. The van der Waals surface area contributed by atoms with E-state index in [4.69, 9.17) is 17.0 Å². The molecule has 0 aliphatic carbocycles. The highest BCUT2D eigenvalue weighted by Gasteiger charge is 2.36. The third-order valence-electron chi connectivity index (χ3n) is 6.75. The lowest BCUT2D eigenvalue weighted by Crippen LogP contribution is -2.45. The van der Waals surface area contributed by atoms with Crippen molar-refractivity contribution >= 4 is 29.1 Å². The summed E-state index contributed by atoms with van der Waals surface area (Å²) in [7, 11) is 0. The van der Waals surface area contributed by atoms with Crippen molar-refractivity contribution in [3.63, 3.8) is 0 Å². The van der Waals surface area contributed by atoms with Crippen molar-refractivity contribution in [1.82, 2.24) is 15.3 Å². The van der Waals surface area contributed by atoms with Gasteiger partial charge in [-0.25, -0.2) is 4.98 Å². The predicted octanol–water partition coefficient (Wildman–Crippen LogP) is 4.91. The Morgan fingerprint density at radius 1 is 1.18 bits per heavy atom. The molecule has 2 aromatic rings. The fourth-order valence-electron chi connectivity index (χ4n) is 4.74. The van der Waals surface area contributed by atoms with Crippen molar-refractivity contribution in [3.05, 3.63) is 47.7 Å². The average molecular weight is 494 g/mol. The highest BCUT2D eigenvalue weighted by molar-refractivity contribution is 7.80. The number of ether oxygens (including phenoxy) is 1. The van der Waals surface area contributed by atoms with E-state index in [1.54, 1.807) is 0 Å². The van der Waals surface area contributed by atoms with E-state index in [1.165, 1.54) is 5.56 Å². The number of rotatable bonds is 5. The molecule has 6 nitrogen and oxygen atoms in total. The van der Waals surface area contributed by atoms with Crippen LogP contribution >= 0.6 is 12.2 Å². The van der Waals surface area contributed by atoms with Gasteiger partial charge in [0.2, 0.25) is 5.95 Å². The number of benzene rings is 1. The second-order valence-corrected chi connectivity index (χ2v) is 9.45. The van der Waals surface area contributed by atoms with Gasteiger partial charge in [0, 0.05) is 43.8 Å². The Kier molecular flexibility index (Phi) is 7.57. The number of hydrogen-bond acceptors (Lipinski definition) is 5. The SMILES string of the molecule is C[C@H]1CCCCN1c1cc(C(F)(F)F)nc(NC(=S)NCC2(c3ccccc3)CCOCC2)n1. The Morgan fingerprint density at radius 3 is 2.59 bits per heavy atom. The smallest absolute Gasteiger partial charge is 0.381 e. The van der Waals surface area contributed by atoms with Gasteiger partial charge in [-0.05, 0) is 56.8 Å². The van der Waals surface area contributed by atoms with Crippen LogP contribution in [0.1, 0.15) is 50.3 Å². The highest BCUT2D eigenvalue weighted by atomic mass is 32.1. The van der Waals surface area contributed by atoms with Gasteiger partial charge < -0.3 is 20.3 Å². The minimum Gasteiger partial charge on any atom is -0.381 e. The summed E-state index contributed by atoms with van der Waals surface area (Å²) in [5.74, 6) is 0.117. The zero-order valence-electron chi connectivity index (χ0n) is 19.2. The molecule has 0 amide bonds. The van der Waals surface area contributed by atoms with E-state index in [2.05, 4.69) is 32.7 Å². The normalized spacial score (nSPS) is 20.6. The van der Waals surface area contributed by atoms with Gasteiger partial charge in [0.05, 0.1) is 0 Å². The molecule has 1 atom stereocenters. The van der Waals surface area contributed by atoms with Gasteiger partial charge in [-0.2, -0.15) is 18.2 Å². The molecule has 3 heterocycles. The minimum atomic E-state index is -4.58. The molecule has 0 unspecified atom stereocenters. The molecule has 184 valence electrons. The van der Waals surface area contributed by atoms with Gasteiger partial charge in [-0.3, -0.25) is 0 Å². The lowest BCUT2D eigenvalue weighted by molar-refractivity contribution is -0.141. The molecule has 4 rings (SSSR count). The monoisotopic (exact) mass is 493 g/mol. The van der Waals surface area contributed by atoms with Crippen LogP contribution in [0.25, 0.3) is 0 Å². The van der Waals surface area contributed by atoms with Crippen LogP contribution in [0, 0.1) is 0 Å². The Labute approximate surface area is 203 Å². The first-order chi connectivity index (χ1) is 16.3. The first-order valence-corrected chi connectivity index (χ1v) is 12.1. The highest BCUT2D eigenvalue weighted by Crippen LogP contribution is 2.35. The molecular formula is C24H30F3N5OS. The minimum absolute atomic E-state index is 0.113. The summed E-state index contributed by atoms with van der Waals surface area (Å²) in [5, 5.41) is 6.19. The molecule has 1 aromatic heterocycles. The summed E-state index contributed by atoms with van der Waals surface area (Å²) in [4.78, 5) is 10.0. The predicted molar refractivity (Wildman–Crippen MR) is 130 cm³/mol. The fraction of sp³-hybridized carbons (Fsp3) is 0.542. The molecule has 0 spiro atoms. The van der Waals surface area contributed by atoms with Gasteiger partial charge in [0.25, 0.3) is 0 Å². The molecular weight excluding hydrogens is 463 g/mol. The summed E-state index contributed by atoms with van der Waals surface area (Å²) < 4.78 is 46.3.